The number of hydrogen-bond donors (Lipinski definition) is 3. The maximum absolute atomic E-state index is 13.3. The van der Waals surface area contributed by atoms with Crippen LogP contribution in [-0.2, 0) is 10.4 Å². The monoisotopic (exact) mass is 371 g/mol. The van der Waals surface area contributed by atoms with Crippen LogP contribution in [0.3, 0.4) is 0 Å². The molecule has 0 saturated heterocycles. The summed E-state index contributed by atoms with van der Waals surface area (Å²) < 4.78 is 39.9. The van der Waals surface area contributed by atoms with Gasteiger partial charge in [0.25, 0.3) is 0 Å². The maximum atomic E-state index is 13.3. The predicted octanol–water partition coefficient (Wildman–Crippen LogP) is 3.02. The first-order valence-electron chi connectivity index (χ1n) is 6.70. The summed E-state index contributed by atoms with van der Waals surface area (Å²) in [7, 11) is 0. The number of thioether (sulfide) groups is 1. The van der Waals surface area contributed by atoms with Gasteiger partial charge in [-0.05, 0) is 30.4 Å². The number of rotatable bonds is 8. The average Bonchev–Trinajstić information content (AvgIpc) is 2.45. The van der Waals surface area contributed by atoms with Gasteiger partial charge in [0.15, 0.2) is 5.60 Å². The van der Waals surface area contributed by atoms with E-state index in [9.17, 15) is 23.1 Å². The van der Waals surface area contributed by atoms with Crippen molar-refractivity contribution in [1.82, 2.24) is 0 Å². The summed E-state index contributed by atoms with van der Waals surface area (Å²) in [5, 5.41) is 18.6. The molecule has 0 aliphatic rings. The van der Waals surface area contributed by atoms with Gasteiger partial charge in [0.05, 0.1) is 0 Å². The van der Waals surface area contributed by atoms with E-state index < -0.39 is 35.8 Å². The SMILES string of the molecule is NC(CCSCCC(O)(c1ccccc1Cl)C(F)(F)F)C(=O)O. The Kier molecular flexibility index (Phi) is 7.19. The normalized spacial score (nSPS) is 15.9. The highest BCUT2D eigenvalue weighted by atomic mass is 35.5. The number of hydrogen-bond acceptors (Lipinski definition) is 4. The topological polar surface area (TPSA) is 83.5 Å². The molecule has 0 spiro atoms. The Morgan fingerprint density at radius 1 is 1.30 bits per heavy atom. The molecule has 0 heterocycles. The lowest BCUT2D eigenvalue weighted by Crippen LogP contribution is -2.43. The number of benzene rings is 1. The van der Waals surface area contributed by atoms with Crippen LogP contribution in [0.2, 0.25) is 5.02 Å². The molecular weight excluding hydrogens is 355 g/mol. The van der Waals surface area contributed by atoms with Gasteiger partial charge in [0.1, 0.15) is 6.04 Å². The van der Waals surface area contributed by atoms with Gasteiger partial charge in [-0.2, -0.15) is 24.9 Å². The van der Waals surface area contributed by atoms with Crippen molar-refractivity contribution in [2.24, 2.45) is 5.73 Å². The fourth-order valence-corrected chi connectivity index (χ4v) is 3.24. The van der Waals surface area contributed by atoms with Gasteiger partial charge in [-0.1, -0.05) is 29.8 Å². The van der Waals surface area contributed by atoms with Gasteiger partial charge in [-0.3, -0.25) is 4.79 Å². The second kappa shape index (κ2) is 8.23. The van der Waals surface area contributed by atoms with Crippen LogP contribution in [0.25, 0.3) is 0 Å². The molecule has 2 unspecified atom stereocenters. The first kappa shape index (κ1) is 20.1. The summed E-state index contributed by atoms with van der Waals surface area (Å²) in [6.07, 6.45) is -5.33. The van der Waals surface area contributed by atoms with Crippen LogP contribution < -0.4 is 5.73 Å². The molecule has 1 aromatic carbocycles. The van der Waals surface area contributed by atoms with Gasteiger partial charge in [-0.25, -0.2) is 0 Å². The Balaban J connectivity index is 2.71. The molecule has 0 fully saturated rings. The van der Waals surface area contributed by atoms with Crippen LogP contribution >= 0.6 is 23.4 Å². The van der Waals surface area contributed by atoms with Gasteiger partial charge in [0.2, 0.25) is 0 Å². The van der Waals surface area contributed by atoms with Crippen LogP contribution in [0, 0.1) is 0 Å². The molecule has 0 aliphatic carbocycles. The Hall–Kier alpha value is -0.960. The van der Waals surface area contributed by atoms with E-state index in [2.05, 4.69) is 0 Å². The molecule has 0 radical (unpaired) electrons. The van der Waals surface area contributed by atoms with E-state index in [1.807, 2.05) is 0 Å². The quantitative estimate of drug-likeness (QED) is 0.612. The second-order valence-corrected chi connectivity index (χ2v) is 6.57. The summed E-state index contributed by atoms with van der Waals surface area (Å²) in [5.74, 6) is -0.897. The number of nitrogens with two attached hydrogens (primary N) is 1. The molecular formula is C14H17ClF3NO3S. The lowest BCUT2D eigenvalue weighted by molar-refractivity contribution is -0.267. The van der Waals surface area contributed by atoms with Gasteiger partial charge < -0.3 is 15.9 Å². The molecule has 23 heavy (non-hydrogen) atoms. The fraction of sp³-hybridized carbons (Fsp3) is 0.500. The summed E-state index contributed by atoms with van der Waals surface area (Å²) in [6, 6.07) is 4.22. The fourth-order valence-electron chi connectivity index (χ4n) is 1.88. The highest BCUT2D eigenvalue weighted by Crippen LogP contribution is 2.44. The third kappa shape index (κ3) is 5.27. The van der Waals surface area contributed by atoms with Crippen molar-refractivity contribution in [2.75, 3.05) is 11.5 Å². The number of aliphatic carboxylic acids is 1. The highest BCUT2D eigenvalue weighted by Gasteiger charge is 2.55. The largest absolute Gasteiger partial charge is 0.480 e. The summed E-state index contributed by atoms with van der Waals surface area (Å²) in [5.41, 5.74) is 1.86. The van der Waals surface area contributed by atoms with Crippen LogP contribution in [0.4, 0.5) is 13.2 Å². The molecule has 0 saturated carbocycles. The molecule has 9 heteroatoms. The Morgan fingerprint density at radius 3 is 2.43 bits per heavy atom. The number of alkyl halides is 3. The maximum Gasteiger partial charge on any atom is 0.421 e. The molecule has 130 valence electrons. The highest BCUT2D eigenvalue weighted by molar-refractivity contribution is 7.99. The molecule has 0 amide bonds. The summed E-state index contributed by atoms with van der Waals surface area (Å²) in [4.78, 5) is 10.5. The van der Waals surface area contributed by atoms with E-state index in [1.54, 1.807) is 0 Å². The minimum absolute atomic E-state index is 0.0203. The van der Waals surface area contributed by atoms with Crippen molar-refractivity contribution in [2.45, 2.75) is 30.7 Å². The third-order valence-electron chi connectivity index (χ3n) is 3.29. The first-order chi connectivity index (χ1) is 10.6. The zero-order valence-electron chi connectivity index (χ0n) is 12.0. The van der Waals surface area contributed by atoms with Crippen LogP contribution in [0.1, 0.15) is 18.4 Å². The van der Waals surface area contributed by atoms with Gasteiger partial charge in [0, 0.05) is 10.6 Å². The molecule has 4 N–H and O–H groups in total. The minimum Gasteiger partial charge on any atom is -0.480 e. The van der Waals surface area contributed by atoms with Crippen molar-refractivity contribution >= 4 is 29.3 Å². The molecule has 1 aromatic rings. The van der Waals surface area contributed by atoms with Crippen LogP contribution in [0.15, 0.2) is 24.3 Å². The van der Waals surface area contributed by atoms with Crippen molar-refractivity contribution in [3.05, 3.63) is 34.9 Å². The van der Waals surface area contributed by atoms with E-state index in [-0.39, 0.29) is 22.9 Å². The predicted molar refractivity (Wildman–Crippen MR) is 83.6 cm³/mol. The number of carboxylic acid groups (broad SMARTS) is 1. The Bertz CT molecular complexity index is 544. The van der Waals surface area contributed by atoms with Crippen LogP contribution in [-0.4, -0.2) is 39.9 Å². The summed E-state index contributed by atoms with van der Waals surface area (Å²) >= 11 is 6.88. The molecule has 0 aromatic heterocycles. The lowest BCUT2D eigenvalue weighted by atomic mass is 9.90. The van der Waals surface area contributed by atoms with E-state index in [0.29, 0.717) is 0 Å². The molecule has 1 rings (SSSR count). The van der Waals surface area contributed by atoms with Crippen molar-refractivity contribution in [3.8, 4) is 0 Å². The number of aliphatic hydroxyl groups is 1. The smallest absolute Gasteiger partial charge is 0.421 e. The average molecular weight is 372 g/mol. The summed E-state index contributed by atoms with van der Waals surface area (Å²) in [6.45, 7) is 0. The second-order valence-electron chi connectivity index (χ2n) is 4.93. The first-order valence-corrected chi connectivity index (χ1v) is 8.23. The molecule has 4 nitrogen and oxygen atoms in total. The zero-order valence-corrected chi connectivity index (χ0v) is 13.6. The third-order valence-corrected chi connectivity index (χ3v) is 4.63. The number of carbonyl (C=O) groups is 1. The Labute approximate surface area is 140 Å². The van der Waals surface area contributed by atoms with E-state index in [0.717, 1.165) is 17.8 Å². The van der Waals surface area contributed by atoms with Gasteiger partial charge >= 0.3 is 12.1 Å². The van der Waals surface area contributed by atoms with Crippen molar-refractivity contribution in [1.29, 1.82) is 0 Å². The van der Waals surface area contributed by atoms with Crippen molar-refractivity contribution in [3.63, 3.8) is 0 Å². The van der Waals surface area contributed by atoms with E-state index in [4.69, 9.17) is 22.4 Å². The zero-order chi connectivity index (χ0) is 17.7. The standard InChI is InChI=1S/C14H17ClF3NO3S/c15-10-4-2-1-3-9(10)13(22,14(16,17)18)6-8-23-7-5-11(19)12(20)21/h1-4,11,22H,5-8,19H2,(H,20,21). The number of carboxylic acids is 1. The number of halogens is 4. The molecule has 0 bridgehead atoms. The molecule has 2 atom stereocenters. The van der Waals surface area contributed by atoms with Crippen molar-refractivity contribution < 1.29 is 28.2 Å². The minimum atomic E-state index is -4.88. The van der Waals surface area contributed by atoms with E-state index >= 15 is 0 Å². The van der Waals surface area contributed by atoms with Crippen LogP contribution in [0.5, 0.6) is 0 Å². The Morgan fingerprint density at radius 2 is 1.91 bits per heavy atom. The molecule has 0 aliphatic heterocycles. The lowest BCUT2D eigenvalue weighted by Gasteiger charge is -2.31. The van der Waals surface area contributed by atoms with E-state index in [1.165, 1.54) is 18.2 Å². The van der Waals surface area contributed by atoms with Gasteiger partial charge in [-0.15, -0.1) is 0 Å².